The van der Waals surface area contributed by atoms with Crippen LogP contribution < -0.4 is 0 Å². The number of rotatable bonds is 4. The van der Waals surface area contributed by atoms with Crippen LogP contribution in [-0.4, -0.2) is 10.7 Å². The van der Waals surface area contributed by atoms with Crippen molar-refractivity contribution in [3.63, 3.8) is 0 Å². The molecule has 0 saturated heterocycles. The quantitative estimate of drug-likeness (QED) is 0.819. The Kier molecular flexibility index (Phi) is 4.61. The fourth-order valence-corrected chi connectivity index (χ4v) is 2.30. The number of alkyl halides is 3. The maximum Gasteiger partial charge on any atom is 0.419 e. The van der Waals surface area contributed by atoms with Crippen LogP contribution in [0.5, 0.6) is 0 Å². The third-order valence-corrected chi connectivity index (χ3v) is 2.80. The molecule has 5 heteroatoms. The molecular weight excluding hydrogens is 260 g/mol. The summed E-state index contributed by atoms with van der Waals surface area (Å²) in [4.78, 5) is 0. The molecule has 0 amide bonds. The maximum absolute atomic E-state index is 13.8. The van der Waals surface area contributed by atoms with E-state index < -0.39 is 23.2 Å². The molecule has 1 nitrogen and oxygen atoms in total. The van der Waals surface area contributed by atoms with E-state index in [2.05, 4.69) is 0 Å². The normalized spacial score (nSPS) is 15.6. The van der Waals surface area contributed by atoms with Gasteiger partial charge < -0.3 is 5.11 Å². The van der Waals surface area contributed by atoms with Crippen molar-refractivity contribution in [1.29, 1.82) is 0 Å². The predicted octanol–water partition coefficient (Wildman–Crippen LogP) is 4.18. The predicted molar refractivity (Wildman–Crippen MR) is 65.2 cm³/mol. The van der Waals surface area contributed by atoms with Gasteiger partial charge >= 0.3 is 6.18 Å². The lowest BCUT2D eigenvalue weighted by atomic mass is 9.87. The molecule has 0 aromatic heterocycles. The van der Waals surface area contributed by atoms with Crippen molar-refractivity contribution in [1.82, 2.24) is 0 Å². The first-order valence-electron chi connectivity index (χ1n) is 6.10. The van der Waals surface area contributed by atoms with Crippen LogP contribution in [-0.2, 0) is 12.6 Å². The number of benzene rings is 1. The summed E-state index contributed by atoms with van der Waals surface area (Å²) in [5.41, 5.74) is -2.62. The molecule has 0 heterocycles. The summed E-state index contributed by atoms with van der Waals surface area (Å²) in [6.45, 7) is 5.28. The van der Waals surface area contributed by atoms with Crippen LogP contribution in [0.2, 0.25) is 0 Å². The lowest BCUT2D eigenvalue weighted by Gasteiger charge is -2.26. The van der Waals surface area contributed by atoms with E-state index in [1.54, 1.807) is 0 Å². The minimum atomic E-state index is -4.72. The number of hydrogen-bond acceptors (Lipinski definition) is 1. The van der Waals surface area contributed by atoms with Gasteiger partial charge in [0.15, 0.2) is 0 Å². The van der Waals surface area contributed by atoms with Gasteiger partial charge in [-0.25, -0.2) is 4.39 Å². The van der Waals surface area contributed by atoms with Crippen LogP contribution in [0.4, 0.5) is 17.6 Å². The summed E-state index contributed by atoms with van der Waals surface area (Å²) in [7, 11) is 0. The zero-order valence-electron chi connectivity index (χ0n) is 11.2. The van der Waals surface area contributed by atoms with Gasteiger partial charge in [-0.15, -0.1) is 0 Å². The standard InChI is InChI=1S/C14H18F4O/c1-9(2)7-13(3,19)8-10-5-4-6-11(12(10)15)14(16,17)18/h4-6,9,19H,7-8H2,1-3H3. The van der Waals surface area contributed by atoms with Crippen molar-refractivity contribution < 1.29 is 22.7 Å². The topological polar surface area (TPSA) is 20.2 Å². The number of halogens is 4. The second kappa shape index (κ2) is 5.49. The zero-order valence-corrected chi connectivity index (χ0v) is 11.2. The lowest BCUT2D eigenvalue weighted by Crippen LogP contribution is -2.30. The molecular formula is C14H18F4O. The molecule has 19 heavy (non-hydrogen) atoms. The minimum Gasteiger partial charge on any atom is -0.390 e. The van der Waals surface area contributed by atoms with Gasteiger partial charge in [0.25, 0.3) is 0 Å². The Hall–Kier alpha value is -1.10. The Morgan fingerprint density at radius 1 is 1.21 bits per heavy atom. The van der Waals surface area contributed by atoms with Gasteiger partial charge in [0.05, 0.1) is 11.2 Å². The fraction of sp³-hybridized carbons (Fsp3) is 0.571. The lowest BCUT2D eigenvalue weighted by molar-refractivity contribution is -0.140. The van der Waals surface area contributed by atoms with Crippen LogP contribution in [0.3, 0.4) is 0 Å². The van der Waals surface area contributed by atoms with E-state index in [-0.39, 0.29) is 17.9 Å². The molecule has 0 spiro atoms. The van der Waals surface area contributed by atoms with Gasteiger partial charge in [0, 0.05) is 6.42 Å². The van der Waals surface area contributed by atoms with Crippen molar-refractivity contribution in [2.24, 2.45) is 5.92 Å². The third-order valence-electron chi connectivity index (χ3n) is 2.80. The Bertz CT molecular complexity index is 436. The second-order valence-corrected chi connectivity index (χ2v) is 5.55. The highest BCUT2D eigenvalue weighted by Gasteiger charge is 2.35. The van der Waals surface area contributed by atoms with E-state index in [0.717, 1.165) is 6.07 Å². The van der Waals surface area contributed by atoms with E-state index >= 15 is 0 Å². The zero-order chi connectivity index (χ0) is 14.8. The summed E-state index contributed by atoms with van der Waals surface area (Å²) < 4.78 is 51.5. The average molecular weight is 278 g/mol. The maximum atomic E-state index is 13.8. The van der Waals surface area contributed by atoms with Crippen molar-refractivity contribution >= 4 is 0 Å². The average Bonchev–Trinajstić information content (AvgIpc) is 2.16. The molecule has 0 aliphatic rings. The molecule has 108 valence electrons. The second-order valence-electron chi connectivity index (χ2n) is 5.55. The van der Waals surface area contributed by atoms with Crippen molar-refractivity contribution in [2.75, 3.05) is 0 Å². The van der Waals surface area contributed by atoms with E-state index in [9.17, 15) is 22.7 Å². The van der Waals surface area contributed by atoms with Crippen LogP contribution >= 0.6 is 0 Å². The SMILES string of the molecule is CC(C)CC(C)(O)Cc1cccc(C(F)(F)F)c1F. The molecule has 1 atom stereocenters. The number of aliphatic hydroxyl groups is 1. The van der Waals surface area contributed by atoms with Crippen LogP contribution in [0, 0.1) is 11.7 Å². The first-order chi connectivity index (χ1) is 8.53. The first-order valence-corrected chi connectivity index (χ1v) is 6.10. The highest BCUT2D eigenvalue weighted by atomic mass is 19.4. The van der Waals surface area contributed by atoms with E-state index in [1.165, 1.54) is 13.0 Å². The fourth-order valence-electron chi connectivity index (χ4n) is 2.30. The summed E-state index contributed by atoms with van der Waals surface area (Å²) in [6.07, 6.45) is -4.46. The van der Waals surface area contributed by atoms with Crippen molar-refractivity contribution in [3.05, 3.63) is 35.1 Å². The molecule has 0 radical (unpaired) electrons. The Labute approximate surface area is 110 Å². The molecule has 1 unspecified atom stereocenters. The van der Waals surface area contributed by atoms with Crippen LogP contribution in [0.25, 0.3) is 0 Å². The van der Waals surface area contributed by atoms with Crippen LogP contribution in [0.1, 0.15) is 38.3 Å². The molecule has 0 saturated carbocycles. The van der Waals surface area contributed by atoms with E-state index in [0.29, 0.717) is 12.5 Å². The van der Waals surface area contributed by atoms with Crippen molar-refractivity contribution in [3.8, 4) is 0 Å². The van der Waals surface area contributed by atoms with Gasteiger partial charge in [-0.3, -0.25) is 0 Å². The molecule has 1 aromatic rings. The molecule has 1 N–H and O–H groups in total. The van der Waals surface area contributed by atoms with Crippen molar-refractivity contribution in [2.45, 2.75) is 45.4 Å². The molecule has 1 aromatic carbocycles. The van der Waals surface area contributed by atoms with E-state index in [4.69, 9.17) is 0 Å². The summed E-state index contributed by atoms with van der Waals surface area (Å²) >= 11 is 0. The van der Waals surface area contributed by atoms with Gasteiger partial charge in [-0.2, -0.15) is 13.2 Å². The Morgan fingerprint density at radius 3 is 2.26 bits per heavy atom. The van der Waals surface area contributed by atoms with Gasteiger partial charge in [-0.1, -0.05) is 26.0 Å². The third kappa shape index (κ3) is 4.49. The molecule has 0 bridgehead atoms. The first kappa shape index (κ1) is 16.0. The van der Waals surface area contributed by atoms with E-state index in [1.807, 2.05) is 13.8 Å². The van der Waals surface area contributed by atoms with Gasteiger partial charge in [0.2, 0.25) is 0 Å². The molecule has 0 aliphatic carbocycles. The van der Waals surface area contributed by atoms with Gasteiger partial charge in [0.1, 0.15) is 5.82 Å². The monoisotopic (exact) mass is 278 g/mol. The smallest absolute Gasteiger partial charge is 0.390 e. The summed E-state index contributed by atoms with van der Waals surface area (Å²) in [5, 5.41) is 10.1. The molecule has 0 aliphatic heterocycles. The molecule has 0 fully saturated rings. The Balaban J connectivity index is 3.03. The Morgan fingerprint density at radius 2 is 1.79 bits per heavy atom. The largest absolute Gasteiger partial charge is 0.419 e. The van der Waals surface area contributed by atoms with Crippen LogP contribution in [0.15, 0.2) is 18.2 Å². The highest BCUT2D eigenvalue weighted by Crippen LogP contribution is 2.33. The molecule has 1 rings (SSSR count). The summed E-state index contributed by atoms with van der Waals surface area (Å²) in [5.74, 6) is -1.12. The number of hydrogen-bond donors (Lipinski definition) is 1. The minimum absolute atomic E-state index is 0.111. The summed E-state index contributed by atoms with van der Waals surface area (Å²) in [6, 6.07) is 3.14. The van der Waals surface area contributed by atoms with Gasteiger partial charge in [-0.05, 0) is 30.9 Å². The highest BCUT2D eigenvalue weighted by molar-refractivity contribution is 5.29.